The highest BCUT2D eigenvalue weighted by atomic mass is 32.1. The van der Waals surface area contributed by atoms with Crippen LogP contribution in [0.25, 0.3) is 0 Å². The first kappa shape index (κ1) is 21.8. The van der Waals surface area contributed by atoms with Crippen LogP contribution in [0, 0.1) is 0 Å². The molecular formula is C25H30N2O3S. The van der Waals surface area contributed by atoms with Crippen LogP contribution in [0.1, 0.15) is 60.5 Å². The summed E-state index contributed by atoms with van der Waals surface area (Å²) in [6, 6.07) is 11.1. The summed E-state index contributed by atoms with van der Waals surface area (Å²) < 4.78 is 0. The number of nitrogens with zero attached hydrogens (tertiary/aromatic N) is 2. The van der Waals surface area contributed by atoms with Crippen LogP contribution in [0.4, 0.5) is 0 Å². The maximum atomic E-state index is 13.3. The molecule has 2 aromatic rings. The molecule has 1 unspecified atom stereocenters. The summed E-state index contributed by atoms with van der Waals surface area (Å²) in [5.74, 6) is -1.14. The standard InChI is InChI=1S/C25H30N2O3S/c1-25(2,3)18-10-8-17(9-11-18)21-20(22(28)19-7-6-16-31-19)23(29)24(30)27(21)15-14-26-12-4-5-13-26/h6-11,16,21,29H,4-5,12-15H2,1-3H3. The van der Waals surface area contributed by atoms with Gasteiger partial charge in [-0.15, -0.1) is 11.3 Å². The Bertz CT molecular complexity index is 981. The second kappa shape index (κ2) is 8.60. The molecule has 4 rings (SSSR count). The zero-order valence-electron chi connectivity index (χ0n) is 18.4. The topological polar surface area (TPSA) is 60.9 Å². The SMILES string of the molecule is CC(C)(C)c1ccc(C2C(C(=O)c3cccs3)=C(O)C(=O)N2CCN2CCCC2)cc1. The number of hydrogen-bond acceptors (Lipinski definition) is 5. The number of likely N-dealkylation sites (tertiary alicyclic amines) is 1. The maximum Gasteiger partial charge on any atom is 0.290 e. The lowest BCUT2D eigenvalue weighted by Crippen LogP contribution is -2.38. The summed E-state index contributed by atoms with van der Waals surface area (Å²) in [5.41, 5.74) is 2.24. The molecular weight excluding hydrogens is 408 g/mol. The lowest BCUT2D eigenvalue weighted by molar-refractivity contribution is -0.129. The van der Waals surface area contributed by atoms with Gasteiger partial charge < -0.3 is 14.9 Å². The molecule has 0 spiro atoms. The Hall–Kier alpha value is -2.44. The van der Waals surface area contributed by atoms with E-state index >= 15 is 0 Å². The van der Waals surface area contributed by atoms with Crippen molar-refractivity contribution >= 4 is 23.0 Å². The molecule has 1 N–H and O–H groups in total. The minimum atomic E-state index is -0.571. The molecule has 6 heteroatoms. The predicted molar refractivity (Wildman–Crippen MR) is 124 cm³/mol. The molecule has 1 saturated heterocycles. The second-order valence-electron chi connectivity index (χ2n) is 9.39. The molecule has 1 aromatic carbocycles. The normalized spacial score (nSPS) is 20.2. The van der Waals surface area contributed by atoms with Gasteiger partial charge >= 0.3 is 0 Å². The van der Waals surface area contributed by atoms with Gasteiger partial charge in [0, 0.05) is 13.1 Å². The number of aliphatic hydroxyl groups excluding tert-OH is 1. The second-order valence-corrected chi connectivity index (χ2v) is 10.3. The van der Waals surface area contributed by atoms with Gasteiger partial charge in [0.15, 0.2) is 5.76 Å². The zero-order valence-corrected chi connectivity index (χ0v) is 19.2. The van der Waals surface area contributed by atoms with Gasteiger partial charge in [-0.25, -0.2) is 0 Å². The van der Waals surface area contributed by atoms with Crippen LogP contribution >= 0.6 is 11.3 Å². The van der Waals surface area contributed by atoms with Gasteiger partial charge in [0.25, 0.3) is 5.91 Å². The van der Waals surface area contributed by atoms with Crippen LogP contribution in [0.3, 0.4) is 0 Å². The molecule has 0 radical (unpaired) electrons. The molecule has 5 nitrogen and oxygen atoms in total. The molecule has 1 aromatic heterocycles. The fraction of sp³-hybridized carbons (Fsp3) is 0.440. The highest BCUT2D eigenvalue weighted by molar-refractivity contribution is 7.12. The number of amides is 1. The summed E-state index contributed by atoms with van der Waals surface area (Å²) in [6.45, 7) is 9.76. The number of carbonyl (C=O) groups excluding carboxylic acids is 2. The first-order chi connectivity index (χ1) is 14.8. The first-order valence-electron chi connectivity index (χ1n) is 10.9. The van der Waals surface area contributed by atoms with E-state index in [2.05, 4.69) is 37.8 Å². The molecule has 1 atom stereocenters. The summed E-state index contributed by atoms with van der Waals surface area (Å²) in [7, 11) is 0. The van der Waals surface area contributed by atoms with Crippen molar-refractivity contribution < 1.29 is 14.7 Å². The summed E-state index contributed by atoms with van der Waals surface area (Å²) >= 11 is 1.33. The third kappa shape index (κ3) is 4.32. The van der Waals surface area contributed by atoms with Crippen LogP contribution in [-0.4, -0.2) is 52.8 Å². The number of carbonyl (C=O) groups is 2. The van der Waals surface area contributed by atoms with Crippen molar-refractivity contribution in [2.24, 2.45) is 0 Å². The van der Waals surface area contributed by atoms with Crippen LogP contribution in [0.15, 0.2) is 53.1 Å². The Kier molecular flexibility index (Phi) is 6.04. The fourth-order valence-electron chi connectivity index (χ4n) is 4.42. The fourth-order valence-corrected chi connectivity index (χ4v) is 5.10. The quantitative estimate of drug-likeness (QED) is 0.663. The van der Waals surface area contributed by atoms with Crippen molar-refractivity contribution in [1.82, 2.24) is 9.80 Å². The zero-order chi connectivity index (χ0) is 22.2. The van der Waals surface area contributed by atoms with Crippen molar-refractivity contribution in [1.29, 1.82) is 0 Å². The Balaban J connectivity index is 1.69. The summed E-state index contributed by atoms with van der Waals surface area (Å²) in [4.78, 5) is 30.9. The van der Waals surface area contributed by atoms with E-state index in [0.29, 0.717) is 11.4 Å². The molecule has 2 aliphatic rings. The van der Waals surface area contributed by atoms with E-state index in [1.807, 2.05) is 23.6 Å². The average molecular weight is 439 g/mol. The van der Waals surface area contributed by atoms with Gasteiger partial charge in [0.1, 0.15) is 0 Å². The minimum absolute atomic E-state index is 0.00701. The van der Waals surface area contributed by atoms with Crippen LogP contribution in [0.2, 0.25) is 0 Å². The van der Waals surface area contributed by atoms with E-state index in [0.717, 1.165) is 25.2 Å². The molecule has 3 heterocycles. The van der Waals surface area contributed by atoms with E-state index in [1.165, 1.54) is 29.7 Å². The van der Waals surface area contributed by atoms with Gasteiger partial charge in [0.2, 0.25) is 5.78 Å². The van der Waals surface area contributed by atoms with Crippen molar-refractivity contribution in [2.75, 3.05) is 26.2 Å². The summed E-state index contributed by atoms with van der Waals surface area (Å²) in [6.07, 6.45) is 2.36. The Morgan fingerprint density at radius 2 is 1.77 bits per heavy atom. The van der Waals surface area contributed by atoms with Crippen molar-refractivity contribution in [3.8, 4) is 0 Å². The third-order valence-corrected chi connectivity index (χ3v) is 7.11. The van der Waals surface area contributed by atoms with Gasteiger partial charge in [-0.2, -0.15) is 0 Å². The number of thiophene rings is 1. The lowest BCUT2D eigenvalue weighted by atomic mass is 9.85. The molecule has 0 aliphatic carbocycles. The van der Waals surface area contributed by atoms with Crippen molar-refractivity contribution in [2.45, 2.75) is 45.1 Å². The van der Waals surface area contributed by atoms with Crippen LogP contribution in [-0.2, 0) is 10.2 Å². The van der Waals surface area contributed by atoms with Gasteiger partial charge in [0.05, 0.1) is 16.5 Å². The van der Waals surface area contributed by atoms with E-state index < -0.39 is 17.7 Å². The van der Waals surface area contributed by atoms with E-state index in [9.17, 15) is 14.7 Å². The smallest absolute Gasteiger partial charge is 0.290 e. The van der Waals surface area contributed by atoms with E-state index in [4.69, 9.17) is 0 Å². The highest BCUT2D eigenvalue weighted by Crippen LogP contribution is 2.40. The van der Waals surface area contributed by atoms with Crippen LogP contribution < -0.4 is 0 Å². The molecule has 164 valence electrons. The molecule has 0 bridgehead atoms. The monoisotopic (exact) mass is 438 g/mol. The minimum Gasteiger partial charge on any atom is -0.503 e. The molecule has 1 amide bonds. The van der Waals surface area contributed by atoms with Crippen molar-refractivity contribution in [3.63, 3.8) is 0 Å². The first-order valence-corrected chi connectivity index (χ1v) is 11.8. The largest absolute Gasteiger partial charge is 0.503 e. The predicted octanol–water partition coefficient (Wildman–Crippen LogP) is 4.72. The Morgan fingerprint density at radius 1 is 1.10 bits per heavy atom. The molecule has 1 fully saturated rings. The van der Waals surface area contributed by atoms with Gasteiger partial charge in [-0.05, 0) is 53.9 Å². The number of ketones is 1. The number of hydrogen-bond donors (Lipinski definition) is 1. The maximum absolute atomic E-state index is 13.3. The summed E-state index contributed by atoms with van der Waals surface area (Å²) in [5, 5.41) is 12.6. The Morgan fingerprint density at radius 3 is 2.35 bits per heavy atom. The molecule has 0 saturated carbocycles. The number of aliphatic hydroxyl groups is 1. The van der Waals surface area contributed by atoms with Crippen molar-refractivity contribution in [3.05, 3.63) is 69.1 Å². The third-order valence-electron chi connectivity index (χ3n) is 6.24. The van der Waals surface area contributed by atoms with Gasteiger partial charge in [-0.1, -0.05) is 51.1 Å². The van der Waals surface area contributed by atoms with E-state index in [1.54, 1.807) is 11.0 Å². The van der Waals surface area contributed by atoms with E-state index in [-0.39, 0.29) is 16.8 Å². The number of Topliss-reactive ketones (excluding diaryl/α,β-unsaturated/α-hetero) is 1. The Labute approximate surface area is 188 Å². The number of rotatable bonds is 6. The molecule has 2 aliphatic heterocycles. The lowest BCUT2D eigenvalue weighted by Gasteiger charge is -2.29. The van der Waals surface area contributed by atoms with Gasteiger partial charge in [-0.3, -0.25) is 9.59 Å². The van der Waals surface area contributed by atoms with Crippen LogP contribution in [0.5, 0.6) is 0 Å². The molecule has 31 heavy (non-hydrogen) atoms. The number of benzene rings is 1. The average Bonchev–Trinajstić information content (AvgIpc) is 3.49. The highest BCUT2D eigenvalue weighted by Gasteiger charge is 2.44.